The molecule has 1 heterocycles. The summed E-state index contributed by atoms with van der Waals surface area (Å²) in [7, 11) is -3.64. The lowest BCUT2D eigenvalue weighted by atomic mass is 10.0. The van der Waals surface area contributed by atoms with Crippen molar-refractivity contribution in [2.45, 2.75) is 30.2 Å². The summed E-state index contributed by atoms with van der Waals surface area (Å²) in [5.74, 6) is -0.0645. The molecule has 1 aromatic rings. The van der Waals surface area contributed by atoms with Crippen LogP contribution in [0.2, 0.25) is 0 Å². The van der Waals surface area contributed by atoms with Crippen LogP contribution in [0.3, 0.4) is 0 Å². The molecule has 3 N–H and O–H groups in total. The first-order valence-electron chi connectivity index (χ1n) is 6.21. The number of sulfonamides is 1. The Morgan fingerprint density at radius 2 is 2.00 bits per heavy atom. The lowest BCUT2D eigenvalue weighted by Gasteiger charge is -2.33. The van der Waals surface area contributed by atoms with Crippen LogP contribution >= 0.6 is 15.9 Å². The molecule has 1 aliphatic heterocycles. The van der Waals surface area contributed by atoms with E-state index in [1.54, 1.807) is 12.1 Å². The van der Waals surface area contributed by atoms with E-state index in [-0.39, 0.29) is 10.7 Å². The van der Waals surface area contributed by atoms with E-state index in [2.05, 4.69) is 21.1 Å². The Bertz CT molecular complexity index is 601. The summed E-state index contributed by atoms with van der Waals surface area (Å²) in [4.78, 5) is 0.207. The van der Waals surface area contributed by atoms with Crippen LogP contribution in [0.15, 0.2) is 38.8 Å². The Morgan fingerprint density at radius 3 is 2.60 bits per heavy atom. The molecule has 2 rings (SSSR count). The fourth-order valence-electron chi connectivity index (χ4n) is 2.30. The molecule has 1 aromatic carbocycles. The molecule has 1 unspecified atom stereocenters. The van der Waals surface area contributed by atoms with Gasteiger partial charge >= 0.3 is 0 Å². The maximum atomic E-state index is 12.6. The summed E-state index contributed by atoms with van der Waals surface area (Å²) in [6.07, 6.45) is 2.18. The molecule has 0 radical (unpaired) electrons. The zero-order valence-corrected chi connectivity index (χ0v) is 13.1. The maximum absolute atomic E-state index is 12.6. The Balaban J connectivity index is 2.38. The normalized spacial score (nSPS) is 21.9. The molecule has 6 nitrogen and oxygen atoms in total. The van der Waals surface area contributed by atoms with Crippen LogP contribution in [0.1, 0.15) is 19.3 Å². The zero-order valence-electron chi connectivity index (χ0n) is 10.7. The summed E-state index contributed by atoms with van der Waals surface area (Å²) in [6.45, 7) is 0.374. The second-order valence-corrected chi connectivity index (χ2v) is 7.41. The average molecular weight is 362 g/mol. The molecule has 0 bridgehead atoms. The first kappa shape index (κ1) is 15.3. The van der Waals surface area contributed by atoms with Crippen LogP contribution in [0.4, 0.5) is 0 Å². The van der Waals surface area contributed by atoms with Gasteiger partial charge < -0.3 is 10.9 Å². The van der Waals surface area contributed by atoms with Gasteiger partial charge in [-0.15, -0.1) is 0 Å². The van der Waals surface area contributed by atoms with Crippen molar-refractivity contribution in [1.29, 1.82) is 0 Å². The molecule has 110 valence electrons. The third-order valence-corrected chi connectivity index (χ3v) is 5.78. The predicted molar refractivity (Wildman–Crippen MR) is 79.1 cm³/mol. The molecule has 8 heteroatoms. The van der Waals surface area contributed by atoms with Crippen LogP contribution in [-0.4, -0.2) is 36.4 Å². The van der Waals surface area contributed by atoms with Crippen molar-refractivity contribution >= 4 is 31.8 Å². The molecule has 1 saturated heterocycles. The molecular formula is C12H16BrN3O3S. The largest absolute Gasteiger partial charge is 0.409 e. The number of hydrogen-bond donors (Lipinski definition) is 2. The second-order valence-electron chi connectivity index (χ2n) is 4.61. The average Bonchev–Trinajstić information content (AvgIpc) is 2.47. The van der Waals surface area contributed by atoms with Gasteiger partial charge in [-0.05, 0) is 37.1 Å². The summed E-state index contributed by atoms with van der Waals surface area (Å²) in [5.41, 5.74) is 5.62. The van der Waals surface area contributed by atoms with Gasteiger partial charge in [0.15, 0.2) is 5.84 Å². The van der Waals surface area contributed by atoms with E-state index in [0.717, 1.165) is 17.3 Å². The first-order valence-corrected chi connectivity index (χ1v) is 8.45. The molecule has 1 atom stereocenters. The van der Waals surface area contributed by atoms with Crippen LogP contribution in [-0.2, 0) is 10.0 Å². The van der Waals surface area contributed by atoms with Crippen LogP contribution in [0.5, 0.6) is 0 Å². The smallest absolute Gasteiger partial charge is 0.243 e. The van der Waals surface area contributed by atoms with Crippen LogP contribution in [0.25, 0.3) is 0 Å². The van der Waals surface area contributed by atoms with Crippen molar-refractivity contribution in [2.24, 2.45) is 10.9 Å². The maximum Gasteiger partial charge on any atom is 0.243 e. The van der Waals surface area contributed by atoms with E-state index < -0.39 is 16.1 Å². The Labute approximate surface area is 126 Å². The minimum atomic E-state index is -3.64. The van der Waals surface area contributed by atoms with E-state index in [1.807, 2.05) is 0 Å². The van der Waals surface area contributed by atoms with Gasteiger partial charge in [0.2, 0.25) is 10.0 Å². The van der Waals surface area contributed by atoms with E-state index in [0.29, 0.717) is 13.0 Å². The van der Waals surface area contributed by atoms with Crippen molar-refractivity contribution in [3.63, 3.8) is 0 Å². The molecule has 1 aliphatic rings. The molecule has 0 aromatic heterocycles. The van der Waals surface area contributed by atoms with E-state index in [9.17, 15) is 8.42 Å². The molecule has 0 spiro atoms. The Kier molecular flexibility index (Phi) is 4.66. The number of halogens is 1. The molecule has 1 fully saturated rings. The van der Waals surface area contributed by atoms with Gasteiger partial charge in [-0.3, -0.25) is 0 Å². The minimum absolute atomic E-state index is 0.0645. The van der Waals surface area contributed by atoms with Gasteiger partial charge in [0.1, 0.15) is 0 Å². The molecule has 0 amide bonds. The standard InChI is InChI=1S/C12H16BrN3O3S/c13-9-4-6-10(7-5-9)20(18,19)16-8-2-1-3-11(16)12(14)15-17/h4-7,11,17H,1-3,8H2,(H2,14,15). The number of rotatable bonds is 3. The highest BCUT2D eigenvalue weighted by Gasteiger charge is 2.35. The Hall–Kier alpha value is -1.12. The first-order chi connectivity index (χ1) is 9.46. The second kappa shape index (κ2) is 6.11. The number of amidine groups is 1. The summed E-state index contributed by atoms with van der Waals surface area (Å²) in [5, 5.41) is 11.8. The number of benzene rings is 1. The molecule has 0 saturated carbocycles. The number of nitrogens with zero attached hydrogens (tertiary/aromatic N) is 2. The van der Waals surface area contributed by atoms with Crippen LogP contribution < -0.4 is 5.73 Å². The predicted octanol–water partition coefficient (Wildman–Crippen LogP) is 1.74. The Morgan fingerprint density at radius 1 is 1.35 bits per heavy atom. The highest BCUT2D eigenvalue weighted by Crippen LogP contribution is 2.26. The lowest BCUT2D eigenvalue weighted by molar-refractivity contribution is 0.281. The number of oxime groups is 1. The van der Waals surface area contributed by atoms with Crippen molar-refractivity contribution in [1.82, 2.24) is 4.31 Å². The van der Waals surface area contributed by atoms with Gasteiger partial charge in [-0.2, -0.15) is 4.31 Å². The fourth-order valence-corrected chi connectivity index (χ4v) is 4.23. The van der Waals surface area contributed by atoms with E-state index in [4.69, 9.17) is 10.9 Å². The molecule has 0 aliphatic carbocycles. The summed E-state index contributed by atoms with van der Waals surface area (Å²) in [6, 6.07) is 5.85. The molecule has 20 heavy (non-hydrogen) atoms. The fraction of sp³-hybridized carbons (Fsp3) is 0.417. The quantitative estimate of drug-likeness (QED) is 0.371. The van der Waals surface area contributed by atoms with Gasteiger partial charge in [-0.1, -0.05) is 27.5 Å². The zero-order chi connectivity index (χ0) is 14.8. The minimum Gasteiger partial charge on any atom is -0.409 e. The van der Waals surface area contributed by atoms with Crippen molar-refractivity contribution in [2.75, 3.05) is 6.54 Å². The monoisotopic (exact) mass is 361 g/mol. The van der Waals surface area contributed by atoms with Gasteiger partial charge in [-0.25, -0.2) is 8.42 Å². The number of hydrogen-bond acceptors (Lipinski definition) is 4. The van der Waals surface area contributed by atoms with Crippen LogP contribution in [0, 0.1) is 0 Å². The van der Waals surface area contributed by atoms with Gasteiger partial charge in [0.25, 0.3) is 0 Å². The SMILES string of the molecule is NC(=NO)C1CCCCN1S(=O)(=O)c1ccc(Br)cc1. The van der Waals surface area contributed by atoms with Crippen molar-refractivity contribution < 1.29 is 13.6 Å². The summed E-state index contributed by atoms with van der Waals surface area (Å²) < 4.78 is 27.4. The summed E-state index contributed by atoms with van der Waals surface area (Å²) >= 11 is 3.27. The topological polar surface area (TPSA) is 96.0 Å². The number of piperidine rings is 1. The third-order valence-electron chi connectivity index (χ3n) is 3.33. The molecular weight excluding hydrogens is 346 g/mol. The van der Waals surface area contributed by atoms with Crippen molar-refractivity contribution in [3.05, 3.63) is 28.7 Å². The van der Waals surface area contributed by atoms with Gasteiger partial charge in [0.05, 0.1) is 10.9 Å². The van der Waals surface area contributed by atoms with E-state index >= 15 is 0 Å². The third kappa shape index (κ3) is 2.97. The van der Waals surface area contributed by atoms with Crippen molar-refractivity contribution in [3.8, 4) is 0 Å². The highest BCUT2D eigenvalue weighted by molar-refractivity contribution is 9.10. The highest BCUT2D eigenvalue weighted by atomic mass is 79.9. The number of nitrogens with two attached hydrogens (primary N) is 1. The lowest BCUT2D eigenvalue weighted by Crippen LogP contribution is -2.50. The van der Waals surface area contributed by atoms with Gasteiger partial charge in [0, 0.05) is 11.0 Å². The van der Waals surface area contributed by atoms with E-state index in [1.165, 1.54) is 16.4 Å².